The maximum atomic E-state index is 11.9. The third kappa shape index (κ3) is 5.36. The van der Waals surface area contributed by atoms with Gasteiger partial charge in [-0.3, -0.25) is 9.69 Å². The number of thiocarbonyl (C=S) groups is 1. The van der Waals surface area contributed by atoms with Gasteiger partial charge < -0.3 is 20.3 Å². The summed E-state index contributed by atoms with van der Waals surface area (Å²) in [5, 5.41) is 7.13. The highest BCUT2D eigenvalue weighted by molar-refractivity contribution is 7.80. The number of hydrogen-bond donors (Lipinski definition) is 2. The number of amides is 1. The monoisotopic (exact) mass is 424 g/mol. The van der Waals surface area contributed by atoms with Gasteiger partial charge in [0.15, 0.2) is 5.11 Å². The number of anilines is 2. The van der Waals surface area contributed by atoms with E-state index >= 15 is 0 Å². The van der Waals surface area contributed by atoms with Crippen LogP contribution in [0.15, 0.2) is 48.5 Å². The molecule has 0 radical (unpaired) electrons. The van der Waals surface area contributed by atoms with Crippen LogP contribution >= 0.6 is 12.2 Å². The Hall–Kier alpha value is -2.48. The second-order valence-corrected chi connectivity index (χ2v) is 8.07. The summed E-state index contributed by atoms with van der Waals surface area (Å²) in [5.74, 6) is 0.198. The van der Waals surface area contributed by atoms with E-state index in [9.17, 15) is 4.79 Å². The molecule has 2 aliphatic rings. The lowest BCUT2D eigenvalue weighted by atomic mass is 10.1. The molecule has 0 unspecified atom stereocenters. The Labute approximate surface area is 183 Å². The van der Waals surface area contributed by atoms with E-state index in [1.165, 1.54) is 11.1 Å². The summed E-state index contributed by atoms with van der Waals surface area (Å²) in [7, 11) is 0. The fourth-order valence-corrected chi connectivity index (χ4v) is 4.07. The molecule has 6 nitrogen and oxygen atoms in total. The first kappa shape index (κ1) is 20.8. The van der Waals surface area contributed by atoms with E-state index in [0.717, 1.165) is 57.2 Å². The molecule has 2 heterocycles. The quantitative estimate of drug-likeness (QED) is 0.695. The molecular formula is C23H28N4O2S. The Morgan fingerprint density at radius 3 is 2.43 bits per heavy atom. The fraction of sp³-hybridized carbons (Fsp3) is 0.391. The number of benzene rings is 2. The maximum Gasteiger partial charge on any atom is 0.227 e. The maximum absolute atomic E-state index is 11.9. The van der Waals surface area contributed by atoms with E-state index in [1.807, 2.05) is 29.2 Å². The van der Waals surface area contributed by atoms with Gasteiger partial charge in [-0.15, -0.1) is 0 Å². The van der Waals surface area contributed by atoms with Gasteiger partial charge in [-0.1, -0.05) is 24.3 Å². The normalized spacial score (nSPS) is 17.2. The van der Waals surface area contributed by atoms with Gasteiger partial charge in [0.25, 0.3) is 0 Å². The third-order valence-electron chi connectivity index (χ3n) is 5.57. The first-order chi connectivity index (χ1) is 14.7. The van der Waals surface area contributed by atoms with Crippen LogP contribution in [0.3, 0.4) is 0 Å². The van der Waals surface area contributed by atoms with Crippen molar-refractivity contribution >= 4 is 34.6 Å². The molecule has 0 bridgehead atoms. The molecule has 2 aromatic rings. The Morgan fingerprint density at radius 1 is 1.00 bits per heavy atom. The smallest absolute Gasteiger partial charge is 0.227 e. The number of rotatable bonds is 6. The summed E-state index contributed by atoms with van der Waals surface area (Å²) in [6.45, 7) is 5.96. The molecule has 4 rings (SSSR count). The lowest BCUT2D eigenvalue weighted by molar-refractivity contribution is -0.117. The van der Waals surface area contributed by atoms with Crippen molar-refractivity contribution < 1.29 is 9.53 Å². The number of morpholine rings is 1. The summed E-state index contributed by atoms with van der Waals surface area (Å²) in [6, 6.07) is 16.3. The Bertz CT molecular complexity index is 881. The second kappa shape index (κ2) is 10.0. The Kier molecular flexibility index (Phi) is 6.94. The predicted molar refractivity (Wildman–Crippen MR) is 124 cm³/mol. The zero-order valence-electron chi connectivity index (χ0n) is 17.1. The van der Waals surface area contributed by atoms with Gasteiger partial charge in [0.2, 0.25) is 5.91 Å². The third-order valence-corrected chi connectivity index (χ3v) is 5.81. The SMILES string of the molecule is O=C1CCCN1c1ccc(NC(=S)NCc2ccccc2CN2CCOCC2)cc1. The summed E-state index contributed by atoms with van der Waals surface area (Å²) in [4.78, 5) is 16.1. The van der Waals surface area contributed by atoms with Gasteiger partial charge in [-0.25, -0.2) is 0 Å². The van der Waals surface area contributed by atoms with E-state index in [1.54, 1.807) is 0 Å². The molecular weight excluding hydrogens is 396 g/mol. The molecule has 7 heteroatoms. The molecule has 1 amide bonds. The van der Waals surface area contributed by atoms with Crippen LogP contribution in [0.25, 0.3) is 0 Å². The molecule has 0 aliphatic carbocycles. The molecule has 0 aromatic heterocycles. The van der Waals surface area contributed by atoms with E-state index in [4.69, 9.17) is 17.0 Å². The average Bonchev–Trinajstić information content (AvgIpc) is 3.20. The van der Waals surface area contributed by atoms with Crippen LogP contribution in [-0.4, -0.2) is 48.8 Å². The Morgan fingerprint density at radius 2 is 1.73 bits per heavy atom. The largest absolute Gasteiger partial charge is 0.379 e. The van der Waals surface area contributed by atoms with Crippen molar-refractivity contribution in [3.63, 3.8) is 0 Å². The lowest BCUT2D eigenvalue weighted by Gasteiger charge is -2.27. The van der Waals surface area contributed by atoms with Crippen molar-refractivity contribution in [3.8, 4) is 0 Å². The van der Waals surface area contributed by atoms with Crippen molar-refractivity contribution in [2.45, 2.75) is 25.9 Å². The minimum Gasteiger partial charge on any atom is -0.379 e. The fourth-order valence-electron chi connectivity index (χ4n) is 3.88. The summed E-state index contributed by atoms with van der Waals surface area (Å²) in [5.41, 5.74) is 4.41. The minimum absolute atomic E-state index is 0.198. The number of ether oxygens (including phenoxy) is 1. The number of nitrogens with zero attached hydrogens (tertiary/aromatic N) is 2. The van der Waals surface area contributed by atoms with Crippen LogP contribution in [0.5, 0.6) is 0 Å². The first-order valence-corrected chi connectivity index (χ1v) is 10.9. The zero-order chi connectivity index (χ0) is 20.8. The molecule has 2 saturated heterocycles. The highest BCUT2D eigenvalue weighted by Crippen LogP contribution is 2.23. The van der Waals surface area contributed by atoms with E-state index in [2.05, 4.69) is 39.8 Å². The topological polar surface area (TPSA) is 56.8 Å². The zero-order valence-corrected chi connectivity index (χ0v) is 17.9. The Balaban J connectivity index is 1.30. The van der Waals surface area contributed by atoms with Gasteiger partial charge in [-0.2, -0.15) is 0 Å². The number of hydrogen-bond acceptors (Lipinski definition) is 4. The van der Waals surface area contributed by atoms with Crippen molar-refractivity contribution in [2.24, 2.45) is 0 Å². The highest BCUT2D eigenvalue weighted by Gasteiger charge is 2.21. The highest BCUT2D eigenvalue weighted by atomic mass is 32.1. The average molecular weight is 425 g/mol. The molecule has 2 N–H and O–H groups in total. The van der Waals surface area contributed by atoms with E-state index < -0.39 is 0 Å². The molecule has 2 aliphatic heterocycles. The lowest BCUT2D eigenvalue weighted by Crippen LogP contribution is -2.36. The predicted octanol–water partition coefficient (Wildman–Crippen LogP) is 3.13. The van der Waals surface area contributed by atoms with Gasteiger partial charge in [0, 0.05) is 50.5 Å². The van der Waals surface area contributed by atoms with Crippen LogP contribution in [0, 0.1) is 0 Å². The number of nitrogens with one attached hydrogen (secondary N) is 2. The standard InChI is InChI=1S/C23H28N4O2S/c28-22-6-3-11-27(22)21-9-7-20(8-10-21)25-23(30)24-16-18-4-1-2-5-19(18)17-26-12-14-29-15-13-26/h1-2,4-5,7-10H,3,6,11-17H2,(H2,24,25,30). The molecule has 0 spiro atoms. The van der Waals surface area contributed by atoms with Crippen molar-refractivity contribution in [3.05, 3.63) is 59.7 Å². The van der Waals surface area contributed by atoms with Crippen LogP contribution in [0.1, 0.15) is 24.0 Å². The van der Waals surface area contributed by atoms with Gasteiger partial charge in [0.1, 0.15) is 0 Å². The molecule has 158 valence electrons. The van der Waals surface area contributed by atoms with Crippen molar-refractivity contribution in [1.29, 1.82) is 0 Å². The summed E-state index contributed by atoms with van der Waals surface area (Å²) < 4.78 is 5.45. The number of carbonyl (C=O) groups is 1. The summed E-state index contributed by atoms with van der Waals surface area (Å²) in [6.07, 6.45) is 1.57. The molecule has 0 saturated carbocycles. The first-order valence-electron chi connectivity index (χ1n) is 10.5. The molecule has 0 atom stereocenters. The summed E-state index contributed by atoms with van der Waals surface area (Å²) >= 11 is 5.48. The van der Waals surface area contributed by atoms with Crippen LogP contribution in [-0.2, 0) is 22.6 Å². The van der Waals surface area contributed by atoms with Crippen LogP contribution in [0.2, 0.25) is 0 Å². The van der Waals surface area contributed by atoms with Gasteiger partial charge in [0.05, 0.1) is 13.2 Å². The number of carbonyl (C=O) groups excluding carboxylic acids is 1. The second-order valence-electron chi connectivity index (χ2n) is 7.66. The van der Waals surface area contributed by atoms with Gasteiger partial charge in [-0.05, 0) is 54.0 Å². The molecule has 2 fully saturated rings. The van der Waals surface area contributed by atoms with E-state index in [-0.39, 0.29) is 5.91 Å². The molecule has 30 heavy (non-hydrogen) atoms. The van der Waals surface area contributed by atoms with Crippen molar-refractivity contribution in [1.82, 2.24) is 10.2 Å². The van der Waals surface area contributed by atoms with Crippen LogP contribution < -0.4 is 15.5 Å². The van der Waals surface area contributed by atoms with E-state index in [0.29, 0.717) is 18.1 Å². The van der Waals surface area contributed by atoms with Crippen molar-refractivity contribution in [2.75, 3.05) is 43.1 Å². The minimum atomic E-state index is 0.198. The van der Waals surface area contributed by atoms with Crippen LogP contribution in [0.4, 0.5) is 11.4 Å². The van der Waals surface area contributed by atoms with Gasteiger partial charge >= 0.3 is 0 Å². The molecule has 2 aromatic carbocycles.